The van der Waals surface area contributed by atoms with Gasteiger partial charge in [-0.2, -0.15) is 0 Å². The highest BCUT2D eigenvalue weighted by atomic mass is 16.6. The Morgan fingerprint density at radius 2 is 1.90 bits per heavy atom. The van der Waals surface area contributed by atoms with Gasteiger partial charge >= 0.3 is 5.97 Å². The van der Waals surface area contributed by atoms with Crippen LogP contribution in [0.15, 0.2) is 0 Å². The number of hydrogen-bond donors (Lipinski definition) is 0. The quantitative estimate of drug-likeness (QED) is 0.745. The number of rotatable bonds is 3. The third-order valence-electron chi connectivity index (χ3n) is 4.22. The molecule has 2 fully saturated rings. The molecule has 2 aliphatic rings. The minimum Gasteiger partial charge on any atom is -0.460 e. The van der Waals surface area contributed by atoms with Crippen molar-refractivity contribution in [2.45, 2.75) is 71.1 Å². The molecule has 0 aromatic rings. The van der Waals surface area contributed by atoms with Crippen LogP contribution in [0, 0.1) is 0 Å². The maximum atomic E-state index is 12.4. The summed E-state index contributed by atoms with van der Waals surface area (Å²) in [6.07, 6.45) is 2.85. The lowest BCUT2D eigenvalue weighted by Gasteiger charge is -2.42. The molecular weight excluding hydrogens is 268 g/mol. The highest BCUT2D eigenvalue weighted by Crippen LogP contribution is 2.25. The summed E-state index contributed by atoms with van der Waals surface area (Å²) in [6.45, 7) is 10.6. The Morgan fingerprint density at radius 1 is 1.19 bits per heavy atom. The number of piperazine rings is 1. The summed E-state index contributed by atoms with van der Waals surface area (Å²) in [4.78, 5) is 28.5. The summed E-state index contributed by atoms with van der Waals surface area (Å²) in [7, 11) is 0. The van der Waals surface area contributed by atoms with E-state index in [9.17, 15) is 9.59 Å². The summed E-state index contributed by atoms with van der Waals surface area (Å²) in [5, 5.41) is 0. The zero-order valence-electron chi connectivity index (χ0n) is 13.7. The van der Waals surface area contributed by atoms with Gasteiger partial charge in [0.15, 0.2) is 0 Å². The lowest BCUT2D eigenvalue weighted by molar-refractivity contribution is -0.156. The van der Waals surface area contributed by atoms with Gasteiger partial charge in [-0.25, -0.2) is 0 Å². The first-order chi connectivity index (χ1) is 9.76. The smallest absolute Gasteiger partial charge is 0.306 e. The van der Waals surface area contributed by atoms with Crippen LogP contribution in [0.25, 0.3) is 0 Å². The molecule has 1 amide bonds. The van der Waals surface area contributed by atoms with Crippen LogP contribution in [0.1, 0.15) is 53.4 Å². The molecule has 0 N–H and O–H groups in total. The average molecular weight is 296 g/mol. The van der Waals surface area contributed by atoms with Crippen molar-refractivity contribution in [2.24, 2.45) is 0 Å². The second kappa shape index (κ2) is 6.34. The second-order valence-corrected chi connectivity index (χ2v) is 7.27. The zero-order chi connectivity index (χ0) is 15.6. The van der Waals surface area contributed by atoms with Crippen LogP contribution in [-0.2, 0) is 14.3 Å². The average Bonchev–Trinajstić information content (AvgIpc) is 2.79. The van der Waals surface area contributed by atoms with Crippen LogP contribution in [0.5, 0.6) is 0 Å². The van der Waals surface area contributed by atoms with E-state index in [1.807, 2.05) is 25.7 Å². The third-order valence-corrected chi connectivity index (χ3v) is 4.22. The molecule has 2 saturated heterocycles. The van der Waals surface area contributed by atoms with Gasteiger partial charge in [-0.3, -0.25) is 14.5 Å². The van der Waals surface area contributed by atoms with Gasteiger partial charge in [0.25, 0.3) is 0 Å². The third kappa shape index (κ3) is 4.43. The molecular formula is C16H28N2O3. The summed E-state index contributed by atoms with van der Waals surface area (Å²) < 4.78 is 5.25. The Morgan fingerprint density at radius 3 is 2.57 bits per heavy atom. The van der Waals surface area contributed by atoms with Gasteiger partial charge in [0.1, 0.15) is 5.60 Å². The van der Waals surface area contributed by atoms with E-state index in [4.69, 9.17) is 4.74 Å². The molecule has 0 bridgehead atoms. The van der Waals surface area contributed by atoms with Crippen molar-refractivity contribution in [1.82, 2.24) is 9.80 Å². The van der Waals surface area contributed by atoms with Crippen LogP contribution >= 0.6 is 0 Å². The van der Waals surface area contributed by atoms with E-state index in [1.54, 1.807) is 0 Å². The monoisotopic (exact) mass is 296 g/mol. The van der Waals surface area contributed by atoms with Crippen molar-refractivity contribution in [1.29, 1.82) is 0 Å². The molecule has 0 aliphatic carbocycles. The minimum absolute atomic E-state index is 0.0832. The predicted octanol–water partition coefficient (Wildman–Crippen LogP) is 1.80. The molecule has 2 atom stereocenters. The van der Waals surface area contributed by atoms with E-state index >= 15 is 0 Å². The van der Waals surface area contributed by atoms with E-state index in [-0.39, 0.29) is 30.8 Å². The van der Waals surface area contributed by atoms with Crippen LogP contribution in [-0.4, -0.2) is 59.0 Å². The van der Waals surface area contributed by atoms with Gasteiger partial charge in [0.2, 0.25) is 5.91 Å². The van der Waals surface area contributed by atoms with Crippen LogP contribution < -0.4 is 0 Å². The molecule has 0 aromatic carbocycles. The first-order valence-electron chi connectivity index (χ1n) is 8.01. The largest absolute Gasteiger partial charge is 0.460 e. The van der Waals surface area contributed by atoms with Crippen molar-refractivity contribution in [3.8, 4) is 0 Å². The fourth-order valence-corrected chi connectivity index (χ4v) is 3.28. The Hall–Kier alpha value is -1.10. The molecule has 2 aliphatic heterocycles. The van der Waals surface area contributed by atoms with Gasteiger partial charge in [-0.1, -0.05) is 0 Å². The number of esters is 1. The number of nitrogens with zero attached hydrogens (tertiary/aromatic N) is 2. The number of carbonyl (C=O) groups is 2. The number of fused-ring (bicyclic) bond motifs is 1. The molecule has 2 heterocycles. The molecule has 0 radical (unpaired) electrons. The zero-order valence-corrected chi connectivity index (χ0v) is 13.7. The first-order valence-corrected chi connectivity index (χ1v) is 8.01. The maximum Gasteiger partial charge on any atom is 0.306 e. The van der Waals surface area contributed by atoms with Gasteiger partial charge in [-0.05, 0) is 47.1 Å². The summed E-state index contributed by atoms with van der Waals surface area (Å²) in [5.41, 5.74) is -0.483. The van der Waals surface area contributed by atoms with Crippen LogP contribution in [0.3, 0.4) is 0 Å². The molecule has 120 valence electrons. The Labute approximate surface area is 127 Å². The highest BCUT2D eigenvalue weighted by molar-refractivity contribution is 5.81. The van der Waals surface area contributed by atoms with Crippen molar-refractivity contribution >= 4 is 11.9 Å². The standard InChI is InChI=1S/C16H28N2O3/c1-12-10-17-9-5-6-13(17)11-18(12)14(19)7-8-15(20)21-16(2,3)4/h12-13H,5-11H2,1-4H3. The number of ether oxygens (including phenoxy) is 1. The highest BCUT2D eigenvalue weighted by Gasteiger charge is 2.36. The predicted molar refractivity (Wildman–Crippen MR) is 80.8 cm³/mol. The van der Waals surface area contributed by atoms with Gasteiger partial charge in [0.05, 0.1) is 6.42 Å². The first kappa shape index (κ1) is 16.3. The molecule has 21 heavy (non-hydrogen) atoms. The summed E-state index contributed by atoms with van der Waals surface area (Å²) >= 11 is 0. The Kier molecular flexibility index (Phi) is 4.91. The normalized spacial score (nSPS) is 26.6. The van der Waals surface area contributed by atoms with E-state index < -0.39 is 5.60 Å². The number of hydrogen-bond acceptors (Lipinski definition) is 4. The fraction of sp³-hybridized carbons (Fsp3) is 0.875. The SMILES string of the molecule is CC1CN2CCCC2CN1C(=O)CCC(=O)OC(C)(C)C. The van der Waals surface area contributed by atoms with E-state index in [0.29, 0.717) is 6.04 Å². The van der Waals surface area contributed by atoms with Crippen molar-refractivity contribution in [2.75, 3.05) is 19.6 Å². The minimum atomic E-state index is -0.483. The van der Waals surface area contributed by atoms with Crippen molar-refractivity contribution in [3.05, 3.63) is 0 Å². The molecule has 0 spiro atoms. The second-order valence-electron chi connectivity index (χ2n) is 7.27. The van der Waals surface area contributed by atoms with E-state index in [1.165, 1.54) is 12.8 Å². The van der Waals surface area contributed by atoms with E-state index in [0.717, 1.165) is 19.6 Å². The molecule has 0 aromatic heterocycles. The lowest BCUT2D eigenvalue weighted by Crippen LogP contribution is -2.56. The maximum absolute atomic E-state index is 12.4. The molecule has 2 rings (SSSR count). The lowest BCUT2D eigenvalue weighted by atomic mass is 10.1. The molecule has 5 nitrogen and oxygen atoms in total. The summed E-state index contributed by atoms with van der Waals surface area (Å²) in [5.74, 6) is -0.206. The van der Waals surface area contributed by atoms with Crippen LogP contribution in [0.2, 0.25) is 0 Å². The topological polar surface area (TPSA) is 49.9 Å². The molecule has 2 unspecified atom stereocenters. The summed E-state index contributed by atoms with van der Waals surface area (Å²) in [6, 6.07) is 0.761. The van der Waals surface area contributed by atoms with Crippen molar-refractivity contribution in [3.63, 3.8) is 0 Å². The van der Waals surface area contributed by atoms with Crippen molar-refractivity contribution < 1.29 is 14.3 Å². The number of amides is 1. The molecule has 5 heteroatoms. The van der Waals surface area contributed by atoms with Gasteiger partial charge in [-0.15, -0.1) is 0 Å². The molecule has 0 saturated carbocycles. The van der Waals surface area contributed by atoms with E-state index in [2.05, 4.69) is 11.8 Å². The number of carbonyl (C=O) groups excluding carboxylic acids is 2. The fourth-order valence-electron chi connectivity index (χ4n) is 3.28. The van der Waals surface area contributed by atoms with Crippen LogP contribution in [0.4, 0.5) is 0 Å². The Bertz CT molecular complexity index is 403. The van der Waals surface area contributed by atoms with Gasteiger partial charge < -0.3 is 9.64 Å². The van der Waals surface area contributed by atoms with Gasteiger partial charge in [0, 0.05) is 31.6 Å². The Balaban J connectivity index is 1.81.